The maximum Gasteiger partial charge on any atom is 0.226 e. The molecule has 1 aromatic rings. The Bertz CT molecular complexity index is 356. The van der Waals surface area contributed by atoms with E-state index >= 15 is 0 Å². The van der Waals surface area contributed by atoms with Gasteiger partial charge in [-0.25, -0.2) is 4.98 Å². The summed E-state index contributed by atoms with van der Waals surface area (Å²) in [5.74, 6) is 1.21. The molecule has 5 nitrogen and oxygen atoms in total. The maximum absolute atomic E-state index is 5.50. The van der Waals surface area contributed by atoms with Gasteiger partial charge in [-0.3, -0.25) is 0 Å². The molecule has 0 fully saturated rings. The zero-order chi connectivity index (χ0) is 13.4. The predicted octanol–water partition coefficient (Wildman–Crippen LogP) is 2.41. The van der Waals surface area contributed by atoms with E-state index in [0.717, 1.165) is 12.1 Å². The molecule has 0 aromatic carbocycles. The summed E-state index contributed by atoms with van der Waals surface area (Å²) in [5, 5.41) is 3.13. The molecule has 1 N–H and O–H groups in total. The SMILES string of the molecule is CCCOc1cc(C)nc(NCCOC(C)C)n1. The van der Waals surface area contributed by atoms with Crippen LogP contribution in [0.15, 0.2) is 6.07 Å². The maximum atomic E-state index is 5.50. The molecule has 1 heterocycles. The monoisotopic (exact) mass is 253 g/mol. The Labute approximate surface area is 109 Å². The number of nitrogens with zero attached hydrogens (tertiary/aromatic N) is 2. The Morgan fingerprint density at radius 1 is 1.28 bits per heavy atom. The fourth-order valence-electron chi connectivity index (χ4n) is 1.36. The van der Waals surface area contributed by atoms with Crippen molar-refractivity contribution < 1.29 is 9.47 Å². The number of ether oxygens (including phenoxy) is 2. The molecule has 0 spiro atoms. The molecular formula is C13H23N3O2. The summed E-state index contributed by atoms with van der Waals surface area (Å²) in [6, 6.07) is 1.84. The minimum atomic E-state index is 0.244. The highest BCUT2D eigenvalue weighted by atomic mass is 16.5. The minimum absolute atomic E-state index is 0.244. The van der Waals surface area contributed by atoms with Crippen LogP contribution < -0.4 is 10.1 Å². The molecule has 0 radical (unpaired) electrons. The number of aryl methyl sites for hydroxylation is 1. The Kier molecular flexibility index (Phi) is 6.43. The summed E-state index contributed by atoms with van der Waals surface area (Å²) < 4.78 is 10.9. The van der Waals surface area contributed by atoms with E-state index in [1.165, 1.54) is 0 Å². The first kappa shape index (κ1) is 14.7. The number of hydrogen-bond acceptors (Lipinski definition) is 5. The van der Waals surface area contributed by atoms with Crippen LogP contribution in [0.1, 0.15) is 32.9 Å². The van der Waals surface area contributed by atoms with Crippen LogP contribution in [0.2, 0.25) is 0 Å². The van der Waals surface area contributed by atoms with Crippen LogP contribution in [-0.4, -0.2) is 35.8 Å². The van der Waals surface area contributed by atoms with E-state index in [0.29, 0.717) is 31.6 Å². The number of nitrogens with one attached hydrogen (secondary N) is 1. The lowest BCUT2D eigenvalue weighted by molar-refractivity contribution is 0.0869. The number of hydrogen-bond donors (Lipinski definition) is 1. The summed E-state index contributed by atoms with van der Waals surface area (Å²) in [7, 11) is 0. The van der Waals surface area contributed by atoms with E-state index in [1.54, 1.807) is 0 Å². The average molecular weight is 253 g/mol. The van der Waals surface area contributed by atoms with Crippen molar-refractivity contribution in [2.75, 3.05) is 25.1 Å². The first-order valence-corrected chi connectivity index (χ1v) is 6.45. The predicted molar refractivity (Wildman–Crippen MR) is 72.1 cm³/mol. The third-order valence-corrected chi connectivity index (χ3v) is 2.12. The lowest BCUT2D eigenvalue weighted by Gasteiger charge is -2.10. The van der Waals surface area contributed by atoms with E-state index in [4.69, 9.17) is 9.47 Å². The van der Waals surface area contributed by atoms with Gasteiger partial charge in [0.2, 0.25) is 11.8 Å². The third-order valence-electron chi connectivity index (χ3n) is 2.12. The Morgan fingerprint density at radius 2 is 2.06 bits per heavy atom. The van der Waals surface area contributed by atoms with Crippen molar-refractivity contribution in [1.82, 2.24) is 9.97 Å². The number of anilines is 1. The topological polar surface area (TPSA) is 56.3 Å². The van der Waals surface area contributed by atoms with Crippen LogP contribution >= 0.6 is 0 Å². The average Bonchev–Trinajstić information content (AvgIpc) is 2.31. The Balaban J connectivity index is 2.46. The molecule has 0 saturated heterocycles. The second kappa shape index (κ2) is 7.87. The Hall–Kier alpha value is -1.36. The fourth-order valence-corrected chi connectivity index (χ4v) is 1.36. The van der Waals surface area contributed by atoms with Gasteiger partial charge in [0.25, 0.3) is 0 Å². The van der Waals surface area contributed by atoms with Crippen LogP contribution in [0, 0.1) is 6.92 Å². The Morgan fingerprint density at radius 3 is 2.72 bits per heavy atom. The summed E-state index contributed by atoms with van der Waals surface area (Å²) in [6.07, 6.45) is 1.21. The van der Waals surface area contributed by atoms with Crippen molar-refractivity contribution in [1.29, 1.82) is 0 Å². The number of aromatic nitrogens is 2. The van der Waals surface area contributed by atoms with Crippen LogP contribution in [0.3, 0.4) is 0 Å². The first-order chi connectivity index (χ1) is 8.61. The molecule has 0 unspecified atom stereocenters. The van der Waals surface area contributed by atoms with Gasteiger partial charge >= 0.3 is 0 Å². The molecule has 0 aliphatic carbocycles. The molecule has 0 aliphatic heterocycles. The highest BCUT2D eigenvalue weighted by Crippen LogP contribution is 2.11. The van der Waals surface area contributed by atoms with Crippen molar-refractivity contribution in [3.05, 3.63) is 11.8 Å². The van der Waals surface area contributed by atoms with Gasteiger partial charge in [-0.1, -0.05) is 6.92 Å². The quantitative estimate of drug-likeness (QED) is 0.721. The molecule has 1 rings (SSSR count). The van der Waals surface area contributed by atoms with Gasteiger partial charge in [-0.05, 0) is 27.2 Å². The van der Waals surface area contributed by atoms with Gasteiger partial charge in [0, 0.05) is 18.3 Å². The molecule has 0 aliphatic rings. The standard InChI is InChI=1S/C13H23N3O2/c1-5-7-18-12-9-11(4)15-13(16-12)14-6-8-17-10(2)3/h9-10H,5-8H2,1-4H3,(H,14,15,16). The van der Waals surface area contributed by atoms with Crippen LogP contribution in [0.4, 0.5) is 5.95 Å². The van der Waals surface area contributed by atoms with Crippen LogP contribution in [0.25, 0.3) is 0 Å². The highest BCUT2D eigenvalue weighted by Gasteiger charge is 2.02. The van der Waals surface area contributed by atoms with Gasteiger partial charge in [0.1, 0.15) is 0 Å². The smallest absolute Gasteiger partial charge is 0.226 e. The molecule has 0 saturated carbocycles. The van der Waals surface area contributed by atoms with Crippen molar-refractivity contribution in [3.8, 4) is 5.88 Å². The largest absolute Gasteiger partial charge is 0.478 e. The third kappa shape index (κ3) is 5.82. The van der Waals surface area contributed by atoms with Crippen molar-refractivity contribution >= 4 is 5.95 Å². The van der Waals surface area contributed by atoms with E-state index in [-0.39, 0.29) is 6.10 Å². The summed E-state index contributed by atoms with van der Waals surface area (Å²) in [6.45, 7) is 10.0. The van der Waals surface area contributed by atoms with E-state index in [9.17, 15) is 0 Å². The summed E-state index contributed by atoms with van der Waals surface area (Å²) >= 11 is 0. The fraction of sp³-hybridized carbons (Fsp3) is 0.692. The van der Waals surface area contributed by atoms with Crippen molar-refractivity contribution in [2.24, 2.45) is 0 Å². The minimum Gasteiger partial charge on any atom is -0.478 e. The molecule has 1 aromatic heterocycles. The van der Waals surface area contributed by atoms with Crippen LogP contribution in [-0.2, 0) is 4.74 Å². The molecule has 0 amide bonds. The second-order valence-electron chi connectivity index (χ2n) is 4.37. The lowest BCUT2D eigenvalue weighted by atomic mass is 10.4. The zero-order valence-corrected chi connectivity index (χ0v) is 11.7. The van der Waals surface area contributed by atoms with E-state index in [1.807, 2.05) is 26.8 Å². The van der Waals surface area contributed by atoms with Crippen LogP contribution in [0.5, 0.6) is 5.88 Å². The van der Waals surface area contributed by atoms with Gasteiger partial charge in [0.15, 0.2) is 0 Å². The summed E-state index contributed by atoms with van der Waals surface area (Å²) in [5.41, 5.74) is 0.892. The highest BCUT2D eigenvalue weighted by molar-refractivity contribution is 5.30. The molecule has 0 bridgehead atoms. The zero-order valence-electron chi connectivity index (χ0n) is 11.7. The first-order valence-electron chi connectivity index (χ1n) is 6.45. The lowest BCUT2D eigenvalue weighted by Crippen LogP contribution is -2.15. The van der Waals surface area contributed by atoms with Gasteiger partial charge < -0.3 is 14.8 Å². The molecule has 18 heavy (non-hydrogen) atoms. The molecular weight excluding hydrogens is 230 g/mol. The normalized spacial score (nSPS) is 10.7. The molecule has 102 valence electrons. The van der Waals surface area contributed by atoms with Crippen molar-refractivity contribution in [2.45, 2.75) is 40.2 Å². The van der Waals surface area contributed by atoms with Crippen molar-refractivity contribution in [3.63, 3.8) is 0 Å². The number of rotatable bonds is 8. The van der Waals surface area contributed by atoms with E-state index < -0.39 is 0 Å². The van der Waals surface area contributed by atoms with Gasteiger partial charge in [-0.15, -0.1) is 0 Å². The molecule has 5 heteroatoms. The summed E-state index contributed by atoms with van der Waals surface area (Å²) in [4.78, 5) is 8.59. The van der Waals surface area contributed by atoms with Gasteiger partial charge in [0.05, 0.1) is 19.3 Å². The van der Waals surface area contributed by atoms with E-state index in [2.05, 4.69) is 22.2 Å². The van der Waals surface area contributed by atoms with Gasteiger partial charge in [-0.2, -0.15) is 4.98 Å². The molecule has 0 atom stereocenters. The second-order valence-corrected chi connectivity index (χ2v) is 4.37.